The molecule has 0 amide bonds. The van der Waals surface area contributed by atoms with Gasteiger partial charge in [-0.2, -0.15) is 5.26 Å². The van der Waals surface area contributed by atoms with E-state index in [0.29, 0.717) is 13.0 Å². The van der Waals surface area contributed by atoms with E-state index in [9.17, 15) is 0 Å². The molecule has 0 fully saturated rings. The van der Waals surface area contributed by atoms with E-state index in [1.165, 1.54) is 51.4 Å². The summed E-state index contributed by atoms with van der Waals surface area (Å²) in [5, 5.41) is 8.33. The molecule has 0 aliphatic heterocycles. The Kier molecular flexibility index (Phi) is 16.5. The number of hydrogen-bond donors (Lipinski definition) is 0. The highest BCUT2D eigenvalue weighted by molar-refractivity contribution is 4.81. The lowest BCUT2D eigenvalue weighted by molar-refractivity contribution is 0.136. The van der Waals surface area contributed by atoms with Crippen molar-refractivity contribution in [3.05, 3.63) is 12.2 Å². The molecule has 0 atom stereocenters. The second-order valence-electron chi connectivity index (χ2n) is 5.04. The van der Waals surface area contributed by atoms with E-state index >= 15 is 0 Å². The van der Waals surface area contributed by atoms with Crippen molar-refractivity contribution in [1.82, 2.24) is 0 Å². The third-order valence-corrected chi connectivity index (χ3v) is 3.16. The SMILES string of the molecule is CCCCCCCC/C=C/CCCCOCCC#N. The molecular weight excluding hydrogens is 234 g/mol. The lowest BCUT2D eigenvalue weighted by Gasteiger charge is -2.00. The van der Waals surface area contributed by atoms with Crippen molar-refractivity contribution >= 4 is 0 Å². The average Bonchev–Trinajstić information content (AvgIpc) is 2.43. The molecule has 0 aromatic rings. The first kappa shape index (κ1) is 18.2. The number of allylic oxidation sites excluding steroid dienone is 2. The van der Waals surface area contributed by atoms with Crippen molar-refractivity contribution < 1.29 is 4.74 Å². The Morgan fingerprint density at radius 2 is 1.47 bits per heavy atom. The smallest absolute Gasteiger partial charge is 0.0645 e. The van der Waals surface area contributed by atoms with E-state index < -0.39 is 0 Å². The number of nitriles is 1. The minimum Gasteiger partial charge on any atom is -0.380 e. The van der Waals surface area contributed by atoms with Crippen molar-refractivity contribution in [2.24, 2.45) is 0 Å². The van der Waals surface area contributed by atoms with Crippen LogP contribution in [0.3, 0.4) is 0 Å². The van der Waals surface area contributed by atoms with Gasteiger partial charge in [-0.05, 0) is 32.1 Å². The Morgan fingerprint density at radius 3 is 2.16 bits per heavy atom. The fourth-order valence-corrected chi connectivity index (χ4v) is 1.96. The standard InChI is InChI=1S/C17H31NO/c1-2-3-4-5-6-7-8-9-10-11-12-13-16-19-17-14-15-18/h9-10H,2-8,11-14,16-17H2,1H3/b10-9+. The molecule has 110 valence electrons. The van der Waals surface area contributed by atoms with Gasteiger partial charge in [-0.25, -0.2) is 0 Å². The molecule has 0 aromatic heterocycles. The second-order valence-corrected chi connectivity index (χ2v) is 5.04. The van der Waals surface area contributed by atoms with Crippen LogP contribution in [-0.2, 0) is 4.74 Å². The molecule has 19 heavy (non-hydrogen) atoms. The molecule has 0 heterocycles. The zero-order chi connectivity index (χ0) is 14.0. The van der Waals surface area contributed by atoms with Crippen molar-refractivity contribution in [2.75, 3.05) is 13.2 Å². The first-order valence-corrected chi connectivity index (χ1v) is 8.01. The molecular formula is C17H31NO. The summed E-state index contributed by atoms with van der Waals surface area (Å²) < 4.78 is 5.32. The van der Waals surface area contributed by atoms with Gasteiger partial charge in [-0.15, -0.1) is 0 Å². The molecule has 2 heteroatoms. The maximum atomic E-state index is 8.33. The zero-order valence-electron chi connectivity index (χ0n) is 12.7. The number of rotatable bonds is 14. The molecule has 0 rings (SSSR count). The quantitative estimate of drug-likeness (QED) is 0.311. The molecule has 0 unspecified atom stereocenters. The van der Waals surface area contributed by atoms with E-state index in [1.807, 2.05) is 0 Å². The lowest BCUT2D eigenvalue weighted by atomic mass is 10.1. The van der Waals surface area contributed by atoms with Gasteiger partial charge in [0.1, 0.15) is 0 Å². The van der Waals surface area contributed by atoms with Crippen molar-refractivity contribution in [1.29, 1.82) is 5.26 Å². The van der Waals surface area contributed by atoms with Gasteiger partial charge in [-0.1, -0.05) is 51.2 Å². The predicted octanol–water partition coefficient (Wildman–Crippen LogP) is 5.39. The minimum atomic E-state index is 0.512. The number of nitrogens with zero attached hydrogens (tertiary/aromatic N) is 1. The van der Waals surface area contributed by atoms with Gasteiger partial charge in [0.15, 0.2) is 0 Å². The summed E-state index contributed by atoms with van der Waals surface area (Å²) in [7, 11) is 0. The fourth-order valence-electron chi connectivity index (χ4n) is 1.96. The van der Waals surface area contributed by atoms with Crippen LogP contribution >= 0.6 is 0 Å². The first-order chi connectivity index (χ1) is 9.41. The number of ether oxygens (including phenoxy) is 1. The molecule has 0 N–H and O–H groups in total. The van der Waals surface area contributed by atoms with E-state index in [-0.39, 0.29) is 0 Å². The van der Waals surface area contributed by atoms with Crippen LogP contribution in [0.5, 0.6) is 0 Å². The molecule has 0 saturated carbocycles. The molecule has 0 aromatic carbocycles. The van der Waals surface area contributed by atoms with Crippen LogP contribution < -0.4 is 0 Å². The Hall–Kier alpha value is -0.810. The Labute approximate surface area is 119 Å². The molecule has 0 spiro atoms. The summed E-state index contributed by atoms with van der Waals surface area (Å²) >= 11 is 0. The highest BCUT2D eigenvalue weighted by Crippen LogP contribution is 2.07. The maximum absolute atomic E-state index is 8.33. The van der Waals surface area contributed by atoms with Crippen LogP contribution in [0.25, 0.3) is 0 Å². The highest BCUT2D eigenvalue weighted by Gasteiger charge is 1.89. The Morgan fingerprint density at radius 1 is 0.842 bits per heavy atom. The maximum Gasteiger partial charge on any atom is 0.0645 e. The van der Waals surface area contributed by atoms with Gasteiger partial charge in [0.2, 0.25) is 0 Å². The molecule has 0 saturated heterocycles. The van der Waals surface area contributed by atoms with Gasteiger partial charge in [0.05, 0.1) is 19.1 Å². The Balaban J connectivity index is 3.03. The number of hydrogen-bond acceptors (Lipinski definition) is 2. The Bertz CT molecular complexity index is 230. The van der Waals surface area contributed by atoms with Gasteiger partial charge >= 0.3 is 0 Å². The monoisotopic (exact) mass is 265 g/mol. The van der Waals surface area contributed by atoms with Crippen LogP contribution in [0.15, 0.2) is 12.2 Å². The minimum absolute atomic E-state index is 0.512. The molecule has 2 nitrogen and oxygen atoms in total. The fraction of sp³-hybridized carbons (Fsp3) is 0.824. The summed E-state index contributed by atoms with van der Waals surface area (Å²) in [6.07, 6.45) is 18.1. The molecule has 0 aliphatic carbocycles. The molecule has 0 aliphatic rings. The summed E-state index contributed by atoms with van der Waals surface area (Å²) in [6.45, 7) is 3.65. The zero-order valence-corrected chi connectivity index (χ0v) is 12.7. The van der Waals surface area contributed by atoms with E-state index in [0.717, 1.165) is 19.4 Å². The van der Waals surface area contributed by atoms with Crippen LogP contribution in [0.4, 0.5) is 0 Å². The average molecular weight is 265 g/mol. The van der Waals surface area contributed by atoms with Gasteiger partial charge in [0, 0.05) is 6.61 Å². The predicted molar refractivity (Wildman–Crippen MR) is 82.0 cm³/mol. The normalized spacial score (nSPS) is 10.9. The van der Waals surface area contributed by atoms with Crippen molar-refractivity contribution in [3.8, 4) is 6.07 Å². The second kappa shape index (κ2) is 17.2. The van der Waals surface area contributed by atoms with Crippen molar-refractivity contribution in [3.63, 3.8) is 0 Å². The van der Waals surface area contributed by atoms with Gasteiger partial charge < -0.3 is 4.74 Å². The molecule has 0 bridgehead atoms. The van der Waals surface area contributed by atoms with Crippen molar-refractivity contribution in [2.45, 2.75) is 77.6 Å². The van der Waals surface area contributed by atoms with Crippen LogP contribution in [-0.4, -0.2) is 13.2 Å². The highest BCUT2D eigenvalue weighted by atomic mass is 16.5. The topological polar surface area (TPSA) is 33.0 Å². The van der Waals surface area contributed by atoms with E-state index in [4.69, 9.17) is 10.00 Å². The van der Waals surface area contributed by atoms with Gasteiger partial charge in [0.25, 0.3) is 0 Å². The van der Waals surface area contributed by atoms with E-state index in [2.05, 4.69) is 25.1 Å². The van der Waals surface area contributed by atoms with Crippen LogP contribution in [0.2, 0.25) is 0 Å². The number of unbranched alkanes of at least 4 members (excludes halogenated alkanes) is 8. The summed E-state index contributed by atoms with van der Waals surface area (Å²) in [4.78, 5) is 0. The third kappa shape index (κ3) is 17.2. The lowest BCUT2D eigenvalue weighted by Crippen LogP contribution is -1.95. The first-order valence-electron chi connectivity index (χ1n) is 8.01. The van der Waals surface area contributed by atoms with Crippen LogP contribution in [0.1, 0.15) is 77.6 Å². The summed E-state index contributed by atoms with van der Waals surface area (Å²) in [6, 6.07) is 2.08. The summed E-state index contributed by atoms with van der Waals surface area (Å²) in [5.41, 5.74) is 0. The third-order valence-electron chi connectivity index (χ3n) is 3.16. The summed E-state index contributed by atoms with van der Waals surface area (Å²) in [5.74, 6) is 0. The van der Waals surface area contributed by atoms with Gasteiger partial charge in [-0.3, -0.25) is 0 Å². The largest absolute Gasteiger partial charge is 0.380 e. The van der Waals surface area contributed by atoms with Crippen LogP contribution in [0, 0.1) is 11.3 Å². The molecule has 0 radical (unpaired) electrons. The van der Waals surface area contributed by atoms with E-state index in [1.54, 1.807) is 0 Å².